The fourth-order valence-corrected chi connectivity index (χ4v) is 5.61. The summed E-state index contributed by atoms with van der Waals surface area (Å²) in [7, 11) is -7.80. The number of rotatable bonds is 6. The number of para-hydroxylation sites is 2. The van der Waals surface area contributed by atoms with Gasteiger partial charge in [0.1, 0.15) is 0 Å². The molecule has 0 aromatic heterocycles. The Kier molecular flexibility index (Phi) is 5.62. The summed E-state index contributed by atoms with van der Waals surface area (Å²) in [4.78, 5) is -0.0788. The SMILES string of the molecule is O=S(=O)(Nc1ccccc1)c1ccc2c(Cl)cc(S(=O)(=O)Nc3ccccc3)cc2c1. The first-order valence-corrected chi connectivity index (χ1v) is 12.5. The maximum absolute atomic E-state index is 12.8. The second kappa shape index (κ2) is 8.22. The van der Waals surface area contributed by atoms with E-state index in [9.17, 15) is 16.8 Å². The van der Waals surface area contributed by atoms with Crippen molar-refractivity contribution in [2.75, 3.05) is 9.44 Å². The number of hydrogen-bond acceptors (Lipinski definition) is 4. The number of benzene rings is 4. The summed E-state index contributed by atoms with van der Waals surface area (Å²) in [5, 5.41) is 1.13. The van der Waals surface area contributed by atoms with Crippen LogP contribution < -0.4 is 9.44 Å². The molecule has 0 atom stereocenters. The molecule has 0 aliphatic heterocycles. The fraction of sp³-hybridized carbons (Fsp3) is 0. The van der Waals surface area contributed by atoms with Crippen molar-refractivity contribution in [3.8, 4) is 0 Å². The molecule has 0 bridgehead atoms. The van der Waals surface area contributed by atoms with E-state index in [0.29, 0.717) is 22.1 Å². The van der Waals surface area contributed by atoms with E-state index < -0.39 is 20.0 Å². The van der Waals surface area contributed by atoms with Gasteiger partial charge in [0.15, 0.2) is 0 Å². The van der Waals surface area contributed by atoms with Crippen LogP contribution in [0.15, 0.2) is 101 Å². The molecule has 4 rings (SSSR count). The number of fused-ring (bicyclic) bond motifs is 1. The van der Waals surface area contributed by atoms with Gasteiger partial charge in [-0.25, -0.2) is 16.8 Å². The van der Waals surface area contributed by atoms with Crippen molar-refractivity contribution in [1.29, 1.82) is 0 Å². The molecule has 6 nitrogen and oxygen atoms in total. The van der Waals surface area contributed by atoms with Crippen molar-refractivity contribution in [1.82, 2.24) is 0 Å². The zero-order valence-corrected chi connectivity index (χ0v) is 18.4. The molecule has 0 amide bonds. The van der Waals surface area contributed by atoms with Gasteiger partial charge in [-0.05, 0) is 53.9 Å². The number of nitrogens with one attached hydrogen (secondary N) is 2. The molecule has 31 heavy (non-hydrogen) atoms. The third kappa shape index (κ3) is 4.66. The minimum absolute atomic E-state index is 0.00881. The maximum atomic E-state index is 12.8. The highest BCUT2D eigenvalue weighted by Crippen LogP contribution is 2.30. The summed E-state index contributed by atoms with van der Waals surface area (Å²) in [6, 6.07) is 24.0. The first-order valence-electron chi connectivity index (χ1n) is 9.14. The molecule has 0 spiro atoms. The molecule has 0 saturated carbocycles. The molecule has 0 radical (unpaired) electrons. The largest absolute Gasteiger partial charge is 0.280 e. The summed E-state index contributed by atoms with van der Waals surface area (Å²) < 4.78 is 56.2. The molecule has 0 aliphatic carbocycles. The van der Waals surface area contributed by atoms with Crippen LogP contribution in [0.2, 0.25) is 5.02 Å². The zero-order valence-electron chi connectivity index (χ0n) is 16.0. The Hall–Kier alpha value is -3.07. The van der Waals surface area contributed by atoms with Gasteiger partial charge in [0.2, 0.25) is 0 Å². The lowest BCUT2D eigenvalue weighted by atomic mass is 10.1. The lowest BCUT2D eigenvalue weighted by Crippen LogP contribution is -2.13. The van der Waals surface area contributed by atoms with Crippen LogP contribution in [-0.2, 0) is 20.0 Å². The standard InChI is InChI=1S/C22H17ClN2O4S2/c23-22-15-20(31(28,29)25-18-9-5-2-6-10-18)14-16-13-19(11-12-21(16)22)30(26,27)24-17-7-3-1-4-8-17/h1-15,24-25H. The van der Waals surface area contributed by atoms with Crippen molar-refractivity contribution in [2.45, 2.75) is 9.79 Å². The Bertz CT molecular complexity index is 1450. The van der Waals surface area contributed by atoms with E-state index in [1.54, 1.807) is 66.7 Å². The van der Waals surface area contributed by atoms with Crippen LogP contribution in [0, 0.1) is 0 Å². The van der Waals surface area contributed by atoms with Crippen LogP contribution in [0.1, 0.15) is 0 Å². The van der Waals surface area contributed by atoms with Crippen molar-refractivity contribution in [3.63, 3.8) is 0 Å². The van der Waals surface area contributed by atoms with Crippen LogP contribution in [0.3, 0.4) is 0 Å². The quantitative estimate of drug-likeness (QED) is 0.408. The van der Waals surface area contributed by atoms with Crippen LogP contribution in [0.25, 0.3) is 10.8 Å². The van der Waals surface area contributed by atoms with E-state index in [-0.39, 0.29) is 14.8 Å². The number of sulfonamides is 2. The monoisotopic (exact) mass is 472 g/mol. The van der Waals surface area contributed by atoms with Crippen molar-refractivity contribution >= 4 is 53.8 Å². The van der Waals surface area contributed by atoms with Gasteiger partial charge in [0.05, 0.1) is 9.79 Å². The van der Waals surface area contributed by atoms with Crippen LogP contribution in [0.5, 0.6) is 0 Å². The average Bonchev–Trinajstić information content (AvgIpc) is 2.74. The van der Waals surface area contributed by atoms with Gasteiger partial charge in [-0.15, -0.1) is 0 Å². The van der Waals surface area contributed by atoms with Gasteiger partial charge in [-0.1, -0.05) is 54.1 Å². The summed E-state index contributed by atoms with van der Waals surface area (Å²) in [5.74, 6) is 0. The summed E-state index contributed by atoms with van der Waals surface area (Å²) in [6.07, 6.45) is 0. The predicted molar refractivity (Wildman–Crippen MR) is 123 cm³/mol. The summed E-state index contributed by atoms with van der Waals surface area (Å²) >= 11 is 6.31. The van der Waals surface area contributed by atoms with E-state index in [4.69, 9.17) is 11.6 Å². The van der Waals surface area contributed by atoms with Gasteiger partial charge in [-0.2, -0.15) is 0 Å². The lowest BCUT2D eigenvalue weighted by Gasteiger charge is -2.12. The second-order valence-electron chi connectivity index (χ2n) is 6.73. The highest BCUT2D eigenvalue weighted by molar-refractivity contribution is 7.93. The highest BCUT2D eigenvalue weighted by Gasteiger charge is 2.19. The first-order chi connectivity index (χ1) is 14.7. The van der Waals surface area contributed by atoms with Gasteiger partial charge < -0.3 is 0 Å². The Morgan fingerprint density at radius 3 is 1.61 bits per heavy atom. The second-order valence-corrected chi connectivity index (χ2v) is 10.5. The van der Waals surface area contributed by atoms with Crippen molar-refractivity contribution in [3.05, 3.63) is 96.0 Å². The third-order valence-corrected chi connectivity index (χ3v) is 7.57. The molecular formula is C22H17ClN2O4S2. The Balaban J connectivity index is 1.74. The topological polar surface area (TPSA) is 92.3 Å². The zero-order chi connectivity index (χ0) is 22.1. The van der Waals surface area contributed by atoms with Crippen molar-refractivity contribution in [2.24, 2.45) is 0 Å². The van der Waals surface area contributed by atoms with E-state index >= 15 is 0 Å². The van der Waals surface area contributed by atoms with E-state index in [1.165, 1.54) is 24.3 Å². The molecule has 0 unspecified atom stereocenters. The third-order valence-electron chi connectivity index (χ3n) is 4.52. The van der Waals surface area contributed by atoms with Crippen LogP contribution in [-0.4, -0.2) is 16.8 Å². The molecule has 0 saturated heterocycles. The number of anilines is 2. The Morgan fingerprint density at radius 2 is 1.06 bits per heavy atom. The first kappa shape index (κ1) is 21.2. The van der Waals surface area contributed by atoms with Crippen LogP contribution in [0.4, 0.5) is 11.4 Å². The normalized spacial score (nSPS) is 11.9. The average molecular weight is 473 g/mol. The van der Waals surface area contributed by atoms with Gasteiger partial charge in [0, 0.05) is 21.8 Å². The summed E-state index contributed by atoms with van der Waals surface area (Å²) in [5.41, 5.74) is 0.825. The molecule has 0 fully saturated rings. The Labute approximate surface area is 185 Å². The predicted octanol–water partition coefficient (Wildman–Crippen LogP) is 5.09. The molecule has 0 aliphatic rings. The molecular weight excluding hydrogens is 456 g/mol. The number of hydrogen-bond donors (Lipinski definition) is 2. The highest BCUT2D eigenvalue weighted by atomic mass is 35.5. The minimum atomic E-state index is -3.92. The van der Waals surface area contributed by atoms with Crippen molar-refractivity contribution < 1.29 is 16.8 Å². The molecule has 4 aromatic rings. The smallest absolute Gasteiger partial charge is 0.261 e. The maximum Gasteiger partial charge on any atom is 0.261 e. The van der Waals surface area contributed by atoms with Crippen LogP contribution >= 0.6 is 11.6 Å². The molecule has 9 heteroatoms. The number of halogens is 1. The van der Waals surface area contributed by atoms with Gasteiger partial charge in [0.25, 0.3) is 20.0 Å². The van der Waals surface area contributed by atoms with Gasteiger partial charge in [-0.3, -0.25) is 9.44 Å². The minimum Gasteiger partial charge on any atom is -0.280 e. The molecule has 4 aromatic carbocycles. The summed E-state index contributed by atoms with van der Waals surface area (Å²) in [6.45, 7) is 0. The molecule has 0 heterocycles. The fourth-order valence-electron chi connectivity index (χ4n) is 3.04. The van der Waals surface area contributed by atoms with E-state index in [2.05, 4.69) is 9.44 Å². The molecule has 158 valence electrons. The van der Waals surface area contributed by atoms with E-state index in [0.717, 1.165) is 0 Å². The van der Waals surface area contributed by atoms with Gasteiger partial charge >= 0.3 is 0 Å². The van der Waals surface area contributed by atoms with E-state index in [1.807, 2.05) is 0 Å². The molecule has 2 N–H and O–H groups in total. The Morgan fingerprint density at radius 1 is 0.581 bits per heavy atom. The lowest BCUT2D eigenvalue weighted by molar-refractivity contribution is 0.600.